The summed E-state index contributed by atoms with van der Waals surface area (Å²) < 4.78 is 11.3. The molecular formula is C20H26N2O4. The lowest BCUT2D eigenvalue weighted by Gasteiger charge is -2.24. The minimum Gasteiger partial charge on any atom is -0.490 e. The zero-order valence-corrected chi connectivity index (χ0v) is 15.7. The minimum atomic E-state index is -0.307. The van der Waals surface area contributed by atoms with Crippen LogP contribution in [0.4, 0.5) is 0 Å². The summed E-state index contributed by atoms with van der Waals surface area (Å²) in [7, 11) is 0. The van der Waals surface area contributed by atoms with Gasteiger partial charge in [-0.05, 0) is 43.5 Å². The number of ether oxygens (including phenoxy) is 2. The molecule has 0 unspecified atom stereocenters. The molecule has 0 aliphatic carbocycles. The van der Waals surface area contributed by atoms with Gasteiger partial charge in [-0.1, -0.05) is 19.9 Å². The van der Waals surface area contributed by atoms with Crippen molar-refractivity contribution in [1.29, 1.82) is 0 Å². The van der Waals surface area contributed by atoms with Gasteiger partial charge in [-0.2, -0.15) is 0 Å². The molecule has 0 bridgehead atoms. The van der Waals surface area contributed by atoms with Crippen LogP contribution in [-0.2, 0) is 0 Å². The number of H-pyrrole nitrogens is 1. The van der Waals surface area contributed by atoms with Gasteiger partial charge in [0.2, 0.25) is 5.56 Å². The molecule has 0 saturated heterocycles. The highest BCUT2D eigenvalue weighted by atomic mass is 16.5. The Balaban J connectivity index is 2.30. The standard InChI is InChI=1S/C20H26N2O4/c1-5-25-16-8-7-14(11-17(16)26-6-2)19(13(3)4)22-20(24)15-9-10-21-18(23)12-15/h7-13,19H,5-6H2,1-4H3,(H,21,23)(H,22,24)/t19-/m0/s1. The smallest absolute Gasteiger partial charge is 0.252 e. The lowest BCUT2D eigenvalue weighted by Crippen LogP contribution is -2.32. The first-order chi connectivity index (χ1) is 12.5. The average Bonchev–Trinajstić information content (AvgIpc) is 2.61. The van der Waals surface area contributed by atoms with E-state index in [4.69, 9.17) is 9.47 Å². The highest BCUT2D eigenvalue weighted by Crippen LogP contribution is 2.33. The minimum absolute atomic E-state index is 0.147. The topological polar surface area (TPSA) is 80.4 Å². The molecule has 0 aliphatic rings. The molecule has 6 nitrogen and oxygen atoms in total. The van der Waals surface area contributed by atoms with Crippen molar-refractivity contribution in [3.8, 4) is 11.5 Å². The molecule has 140 valence electrons. The first-order valence-electron chi connectivity index (χ1n) is 8.85. The van der Waals surface area contributed by atoms with Crippen molar-refractivity contribution in [3.05, 3.63) is 58.0 Å². The normalized spacial score (nSPS) is 11.9. The lowest BCUT2D eigenvalue weighted by atomic mass is 9.95. The molecular weight excluding hydrogens is 332 g/mol. The maximum Gasteiger partial charge on any atom is 0.252 e. The molecule has 6 heteroatoms. The summed E-state index contributed by atoms with van der Waals surface area (Å²) >= 11 is 0. The SMILES string of the molecule is CCOc1ccc([C@@H](NC(=O)c2cc[nH]c(=O)c2)C(C)C)cc1OCC. The molecule has 2 aromatic rings. The zero-order chi connectivity index (χ0) is 19.1. The van der Waals surface area contributed by atoms with Crippen LogP contribution in [0.3, 0.4) is 0 Å². The monoisotopic (exact) mass is 358 g/mol. The number of nitrogens with one attached hydrogen (secondary N) is 2. The van der Waals surface area contributed by atoms with Gasteiger partial charge >= 0.3 is 0 Å². The molecule has 0 radical (unpaired) electrons. The molecule has 1 aromatic heterocycles. The second-order valence-electron chi connectivity index (χ2n) is 6.21. The quantitative estimate of drug-likeness (QED) is 0.759. The van der Waals surface area contributed by atoms with E-state index in [-0.39, 0.29) is 23.4 Å². The van der Waals surface area contributed by atoms with E-state index in [1.165, 1.54) is 12.3 Å². The number of hydrogen-bond acceptors (Lipinski definition) is 4. The van der Waals surface area contributed by atoms with E-state index in [1.807, 2.05) is 45.9 Å². The summed E-state index contributed by atoms with van der Waals surface area (Å²) in [4.78, 5) is 26.5. The molecule has 1 atom stereocenters. The van der Waals surface area contributed by atoms with E-state index in [0.29, 0.717) is 30.3 Å². The number of aromatic nitrogens is 1. The summed E-state index contributed by atoms with van der Waals surface area (Å²) in [5, 5.41) is 3.01. The summed E-state index contributed by atoms with van der Waals surface area (Å²) in [6, 6.07) is 8.33. The zero-order valence-electron chi connectivity index (χ0n) is 15.7. The van der Waals surface area contributed by atoms with Crippen molar-refractivity contribution >= 4 is 5.91 Å². The number of carbonyl (C=O) groups excluding carboxylic acids is 1. The van der Waals surface area contributed by atoms with Crippen LogP contribution in [0.2, 0.25) is 0 Å². The Morgan fingerprint density at radius 3 is 2.38 bits per heavy atom. The second-order valence-corrected chi connectivity index (χ2v) is 6.21. The third kappa shape index (κ3) is 4.88. The van der Waals surface area contributed by atoms with Gasteiger partial charge in [0.1, 0.15) is 0 Å². The molecule has 26 heavy (non-hydrogen) atoms. The first kappa shape index (κ1) is 19.6. The Morgan fingerprint density at radius 2 is 1.77 bits per heavy atom. The number of carbonyl (C=O) groups is 1. The fraction of sp³-hybridized carbons (Fsp3) is 0.400. The van der Waals surface area contributed by atoms with Crippen molar-refractivity contribution in [2.75, 3.05) is 13.2 Å². The summed E-state index contributed by atoms with van der Waals surface area (Å²) in [6.45, 7) is 8.96. The molecule has 0 fully saturated rings. The third-order valence-electron chi connectivity index (χ3n) is 3.92. The van der Waals surface area contributed by atoms with Crippen LogP contribution >= 0.6 is 0 Å². The predicted octanol–water partition coefficient (Wildman–Crippen LogP) is 3.30. The molecule has 0 spiro atoms. The lowest BCUT2D eigenvalue weighted by molar-refractivity contribution is 0.0925. The van der Waals surface area contributed by atoms with Crippen LogP contribution in [0.25, 0.3) is 0 Å². The molecule has 1 heterocycles. The Kier molecular flexibility index (Phi) is 6.83. The summed E-state index contributed by atoms with van der Waals surface area (Å²) in [6.07, 6.45) is 1.46. The number of aromatic amines is 1. The van der Waals surface area contributed by atoms with Crippen LogP contribution < -0.4 is 20.3 Å². The van der Waals surface area contributed by atoms with Crippen LogP contribution in [0.15, 0.2) is 41.3 Å². The average molecular weight is 358 g/mol. The fourth-order valence-electron chi connectivity index (χ4n) is 2.71. The Hall–Kier alpha value is -2.76. The number of rotatable bonds is 8. The molecule has 2 N–H and O–H groups in total. The van der Waals surface area contributed by atoms with E-state index in [0.717, 1.165) is 5.56 Å². The maximum absolute atomic E-state index is 12.5. The number of pyridine rings is 1. The largest absolute Gasteiger partial charge is 0.490 e. The second kappa shape index (κ2) is 9.08. The fourth-order valence-corrected chi connectivity index (χ4v) is 2.71. The highest BCUT2D eigenvalue weighted by Gasteiger charge is 2.21. The molecule has 0 aliphatic heterocycles. The molecule has 1 amide bonds. The van der Waals surface area contributed by atoms with Gasteiger partial charge in [0.15, 0.2) is 11.5 Å². The Labute approximate surface area is 153 Å². The van der Waals surface area contributed by atoms with Crippen LogP contribution in [0.5, 0.6) is 11.5 Å². The van der Waals surface area contributed by atoms with Crippen molar-refractivity contribution in [1.82, 2.24) is 10.3 Å². The van der Waals surface area contributed by atoms with Crippen LogP contribution in [0.1, 0.15) is 49.7 Å². The van der Waals surface area contributed by atoms with E-state index < -0.39 is 0 Å². The highest BCUT2D eigenvalue weighted by molar-refractivity contribution is 5.94. The Morgan fingerprint density at radius 1 is 1.08 bits per heavy atom. The van der Waals surface area contributed by atoms with Gasteiger partial charge in [0, 0.05) is 17.8 Å². The predicted molar refractivity (Wildman–Crippen MR) is 101 cm³/mol. The van der Waals surface area contributed by atoms with Gasteiger partial charge in [0.25, 0.3) is 5.91 Å². The van der Waals surface area contributed by atoms with Crippen molar-refractivity contribution in [3.63, 3.8) is 0 Å². The maximum atomic E-state index is 12.5. The third-order valence-corrected chi connectivity index (χ3v) is 3.92. The summed E-state index contributed by atoms with van der Waals surface area (Å²) in [5.74, 6) is 1.19. The van der Waals surface area contributed by atoms with E-state index in [2.05, 4.69) is 10.3 Å². The van der Waals surface area contributed by atoms with Crippen LogP contribution in [-0.4, -0.2) is 24.1 Å². The van der Waals surface area contributed by atoms with E-state index >= 15 is 0 Å². The van der Waals surface area contributed by atoms with Crippen LogP contribution in [0, 0.1) is 5.92 Å². The van der Waals surface area contributed by atoms with E-state index in [9.17, 15) is 9.59 Å². The Bertz CT molecular complexity index is 798. The van der Waals surface area contributed by atoms with Gasteiger partial charge in [-0.25, -0.2) is 0 Å². The molecule has 2 rings (SSSR count). The van der Waals surface area contributed by atoms with Crippen molar-refractivity contribution in [2.24, 2.45) is 5.92 Å². The van der Waals surface area contributed by atoms with E-state index in [1.54, 1.807) is 6.07 Å². The first-order valence-corrected chi connectivity index (χ1v) is 8.85. The summed E-state index contributed by atoms with van der Waals surface area (Å²) in [5.41, 5.74) is 0.943. The van der Waals surface area contributed by atoms with Gasteiger partial charge in [0.05, 0.1) is 19.3 Å². The van der Waals surface area contributed by atoms with Crippen molar-refractivity contribution < 1.29 is 14.3 Å². The van der Waals surface area contributed by atoms with Gasteiger partial charge < -0.3 is 19.8 Å². The number of benzene rings is 1. The number of hydrogen-bond donors (Lipinski definition) is 2. The molecule has 0 saturated carbocycles. The van der Waals surface area contributed by atoms with Gasteiger partial charge in [-0.3, -0.25) is 9.59 Å². The number of amides is 1. The molecule has 1 aromatic carbocycles. The van der Waals surface area contributed by atoms with Gasteiger partial charge in [-0.15, -0.1) is 0 Å². The van der Waals surface area contributed by atoms with Crippen molar-refractivity contribution in [2.45, 2.75) is 33.7 Å².